The molecule has 1 fully saturated rings. The first-order valence-corrected chi connectivity index (χ1v) is 6.43. The fourth-order valence-corrected chi connectivity index (χ4v) is 2.06. The van der Waals surface area contributed by atoms with Gasteiger partial charge >= 0.3 is 6.03 Å². The molecule has 1 saturated carbocycles. The highest BCUT2D eigenvalue weighted by Gasteiger charge is 2.22. The lowest BCUT2D eigenvalue weighted by atomic mass is 10.0. The minimum Gasteiger partial charge on any atom is -0.381 e. The molecule has 17 heavy (non-hydrogen) atoms. The quantitative estimate of drug-likeness (QED) is 0.528. The van der Waals surface area contributed by atoms with Crippen LogP contribution < -0.4 is 11.2 Å². The highest BCUT2D eigenvalue weighted by molar-refractivity contribution is 5.89. The van der Waals surface area contributed by atoms with Crippen molar-refractivity contribution in [1.29, 1.82) is 0 Å². The molecule has 0 bridgehead atoms. The SMILES string of the molecule is CCCCOCCC1CCC/C1=N\NC(N)=O. The van der Waals surface area contributed by atoms with Crippen molar-refractivity contribution >= 4 is 11.7 Å². The van der Waals surface area contributed by atoms with Gasteiger partial charge in [0.2, 0.25) is 0 Å². The Kier molecular flexibility index (Phi) is 6.62. The maximum Gasteiger partial charge on any atom is 0.332 e. The summed E-state index contributed by atoms with van der Waals surface area (Å²) in [5.41, 5.74) is 8.36. The molecule has 1 unspecified atom stereocenters. The zero-order valence-corrected chi connectivity index (χ0v) is 10.6. The van der Waals surface area contributed by atoms with E-state index in [-0.39, 0.29) is 0 Å². The number of amides is 2. The van der Waals surface area contributed by atoms with Crippen LogP contribution in [0.5, 0.6) is 0 Å². The third-order valence-corrected chi connectivity index (χ3v) is 3.02. The number of nitrogens with zero attached hydrogens (tertiary/aromatic N) is 1. The Morgan fingerprint density at radius 1 is 1.59 bits per heavy atom. The van der Waals surface area contributed by atoms with Crippen molar-refractivity contribution in [1.82, 2.24) is 5.43 Å². The molecule has 1 aliphatic carbocycles. The van der Waals surface area contributed by atoms with Gasteiger partial charge in [0.25, 0.3) is 0 Å². The Morgan fingerprint density at radius 3 is 3.12 bits per heavy atom. The Bertz CT molecular complexity index is 266. The summed E-state index contributed by atoms with van der Waals surface area (Å²) >= 11 is 0. The molecule has 0 aromatic carbocycles. The third kappa shape index (κ3) is 5.68. The molecule has 0 radical (unpaired) electrons. The van der Waals surface area contributed by atoms with Gasteiger partial charge in [0, 0.05) is 24.8 Å². The minimum absolute atomic E-state index is 0.448. The molecule has 0 aromatic rings. The van der Waals surface area contributed by atoms with E-state index in [2.05, 4.69) is 17.5 Å². The zero-order chi connectivity index (χ0) is 12.5. The molecular formula is C12H23N3O2. The van der Waals surface area contributed by atoms with Gasteiger partial charge in [0.05, 0.1) is 0 Å². The smallest absolute Gasteiger partial charge is 0.332 e. The van der Waals surface area contributed by atoms with Crippen molar-refractivity contribution in [2.75, 3.05) is 13.2 Å². The number of primary amides is 1. The fourth-order valence-electron chi connectivity index (χ4n) is 2.06. The van der Waals surface area contributed by atoms with E-state index < -0.39 is 6.03 Å². The van der Waals surface area contributed by atoms with Crippen molar-refractivity contribution in [2.45, 2.75) is 45.4 Å². The highest BCUT2D eigenvalue weighted by atomic mass is 16.5. The van der Waals surface area contributed by atoms with Crippen LogP contribution in [0.25, 0.3) is 0 Å². The summed E-state index contributed by atoms with van der Waals surface area (Å²) in [6.07, 6.45) is 6.51. The van der Waals surface area contributed by atoms with Gasteiger partial charge in [-0.15, -0.1) is 0 Å². The van der Waals surface area contributed by atoms with Crippen LogP contribution in [0.1, 0.15) is 45.4 Å². The predicted molar refractivity (Wildman–Crippen MR) is 67.8 cm³/mol. The molecule has 0 saturated heterocycles. The maximum atomic E-state index is 10.6. The molecule has 1 rings (SSSR count). The van der Waals surface area contributed by atoms with E-state index in [1.165, 1.54) is 6.42 Å². The topological polar surface area (TPSA) is 76.7 Å². The highest BCUT2D eigenvalue weighted by Crippen LogP contribution is 2.25. The van der Waals surface area contributed by atoms with Gasteiger partial charge in [-0.25, -0.2) is 10.2 Å². The maximum absolute atomic E-state index is 10.6. The van der Waals surface area contributed by atoms with Gasteiger partial charge in [0.15, 0.2) is 0 Å². The third-order valence-electron chi connectivity index (χ3n) is 3.02. The van der Waals surface area contributed by atoms with Crippen LogP contribution in [0, 0.1) is 5.92 Å². The lowest BCUT2D eigenvalue weighted by molar-refractivity contribution is 0.123. The zero-order valence-electron chi connectivity index (χ0n) is 10.6. The first-order chi connectivity index (χ1) is 8.24. The van der Waals surface area contributed by atoms with E-state index in [0.717, 1.165) is 51.0 Å². The second-order valence-corrected chi connectivity index (χ2v) is 4.42. The van der Waals surface area contributed by atoms with Crippen LogP contribution in [-0.2, 0) is 4.74 Å². The summed E-state index contributed by atoms with van der Waals surface area (Å²) in [6.45, 7) is 3.77. The monoisotopic (exact) mass is 241 g/mol. The summed E-state index contributed by atoms with van der Waals surface area (Å²) in [7, 11) is 0. The number of unbranched alkanes of at least 4 members (excludes halogenated alkanes) is 1. The summed E-state index contributed by atoms with van der Waals surface area (Å²) in [4.78, 5) is 10.6. The number of carbonyl (C=O) groups excluding carboxylic acids is 1. The number of hydrogen-bond acceptors (Lipinski definition) is 3. The van der Waals surface area contributed by atoms with E-state index in [4.69, 9.17) is 10.5 Å². The molecule has 0 spiro atoms. The number of hydrogen-bond donors (Lipinski definition) is 2. The Morgan fingerprint density at radius 2 is 2.41 bits per heavy atom. The second kappa shape index (κ2) is 8.06. The molecule has 0 aromatic heterocycles. The molecule has 1 atom stereocenters. The number of hydrazone groups is 1. The summed E-state index contributed by atoms with van der Waals surface area (Å²) in [5, 5.41) is 4.06. The standard InChI is InChI=1S/C12H23N3O2/c1-2-3-8-17-9-7-10-5-4-6-11(10)14-15-12(13)16/h10H,2-9H2,1H3,(H3,13,15,16)/b14-11+. The van der Waals surface area contributed by atoms with Gasteiger partial charge in [-0.05, 0) is 32.1 Å². The van der Waals surface area contributed by atoms with Crippen molar-refractivity contribution in [3.05, 3.63) is 0 Å². The van der Waals surface area contributed by atoms with Gasteiger partial charge in [-0.1, -0.05) is 13.3 Å². The predicted octanol–water partition coefficient (Wildman–Crippen LogP) is 2.02. The first-order valence-electron chi connectivity index (χ1n) is 6.43. The van der Waals surface area contributed by atoms with Crippen LogP contribution >= 0.6 is 0 Å². The van der Waals surface area contributed by atoms with Gasteiger partial charge < -0.3 is 10.5 Å². The van der Waals surface area contributed by atoms with Crippen LogP contribution in [0.2, 0.25) is 0 Å². The van der Waals surface area contributed by atoms with E-state index >= 15 is 0 Å². The number of nitrogens with one attached hydrogen (secondary N) is 1. The molecule has 1 aliphatic rings. The number of ether oxygens (including phenoxy) is 1. The fraction of sp³-hybridized carbons (Fsp3) is 0.833. The van der Waals surface area contributed by atoms with Crippen molar-refractivity contribution in [3.8, 4) is 0 Å². The summed E-state index contributed by atoms with van der Waals surface area (Å²) in [5.74, 6) is 0.448. The second-order valence-electron chi connectivity index (χ2n) is 4.42. The lowest BCUT2D eigenvalue weighted by Gasteiger charge is -2.11. The number of carbonyl (C=O) groups is 1. The van der Waals surface area contributed by atoms with E-state index in [1.54, 1.807) is 0 Å². The van der Waals surface area contributed by atoms with Crippen molar-refractivity contribution < 1.29 is 9.53 Å². The molecule has 3 N–H and O–H groups in total. The van der Waals surface area contributed by atoms with E-state index in [9.17, 15) is 4.79 Å². The average Bonchev–Trinajstić information content (AvgIpc) is 2.73. The number of nitrogens with two attached hydrogens (primary N) is 1. The summed E-state index contributed by atoms with van der Waals surface area (Å²) in [6, 6.07) is -0.595. The van der Waals surface area contributed by atoms with Crippen LogP contribution in [0.4, 0.5) is 4.79 Å². The lowest BCUT2D eigenvalue weighted by Crippen LogP contribution is -2.26. The molecule has 2 amide bonds. The normalized spacial score (nSPS) is 21.9. The van der Waals surface area contributed by atoms with E-state index in [0.29, 0.717) is 5.92 Å². The molecular weight excluding hydrogens is 218 g/mol. The van der Waals surface area contributed by atoms with Crippen LogP contribution in [0.15, 0.2) is 5.10 Å². The first kappa shape index (κ1) is 14.0. The van der Waals surface area contributed by atoms with Crippen molar-refractivity contribution in [2.24, 2.45) is 16.8 Å². The van der Waals surface area contributed by atoms with Gasteiger partial charge in [-0.3, -0.25) is 0 Å². The Balaban J connectivity index is 2.22. The number of rotatable bonds is 7. The summed E-state index contributed by atoms with van der Waals surface area (Å²) < 4.78 is 5.54. The molecule has 5 nitrogen and oxygen atoms in total. The molecule has 5 heteroatoms. The van der Waals surface area contributed by atoms with E-state index in [1.807, 2.05) is 0 Å². The van der Waals surface area contributed by atoms with Crippen LogP contribution in [-0.4, -0.2) is 25.0 Å². The number of urea groups is 1. The largest absolute Gasteiger partial charge is 0.381 e. The Hall–Kier alpha value is -1.10. The minimum atomic E-state index is -0.595. The average molecular weight is 241 g/mol. The molecule has 98 valence electrons. The molecule has 0 heterocycles. The van der Waals surface area contributed by atoms with Gasteiger partial charge in [-0.2, -0.15) is 5.10 Å². The molecule has 0 aliphatic heterocycles. The van der Waals surface area contributed by atoms with Gasteiger partial charge in [0.1, 0.15) is 0 Å². The Labute approximate surface area is 103 Å². The van der Waals surface area contributed by atoms with Crippen molar-refractivity contribution in [3.63, 3.8) is 0 Å². The van der Waals surface area contributed by atoms with Crippen LogP contribution in [0.3, 0.4) is 0 Å².